The molecule has 5 nitrogen and oxygen atoms in total. The van der Waals surface area contributed by atoms with Gasteiger partial charge >= 0.3 is 0 Å². The van der Waals surface area contributed by atoms with Crippen molar-refractivity contribution in [1.82, 2.24) is 14.5 Å². The van der Waals surface area contributed by atoms with Crippen LogP contribution < -0.4 is 5.32 Å². The number of hydrogen-bond acceptors (Lipinski definition) is 3. The molecular formula is C21H25BrN4O. The number of likely N-dealkylation sites (N-methyl/N-ethyl adjacent to an activating group) is 1. The van der Waals surface area contributed by atoms with Gasteiger partial charge in [-0.05, 0) is 49.5 Å². The number of carbonyl (C=O) groups is 1. The number of carbonyl (C=O) groups excluding carboxylic acids is 1. The van der Waals surface area contributed by atoms with E-state index in [9.17, 15) is 4.79 Å². The molecule has 1 heterocycles. The summed E-state index contributed by atoms with van der Waals surface area (Å²) in [5, 5.41) is 2.96. The Kier molecular flexibility index (Phi) is 6.29. The van der Waals surface area contributed by atoms with Gasteiger partial charge in [0, 0.05) is 35.7 Å². The van der Waals surface area contributed by atoms with Gasteiger partial charge in [0.25, 0.3) is 5.91 Å². The van der Waals surface area contributed by atoms with E-state index >= 15 is 0 Å². The average Bonchev–Trinajstić information content (AvgIpc) is 2.98. The largest absolute Gasteiger partial charge is 0.331 e. The van der Waals surface area contributed by atoms with E-state index in [-0.39, 0.29) is 5.91 Å². The minimum Gasteiger partial charge on any atom is -0.331 e. The average molecular weight is 429 g/mol. The molecule has 1 N–H and O–H groups in total. The quantitative estimate of drug-likeness (QED) is 0.603. The molecule has 0 atom stereocenters. The maximum atomic E-state index is 12.5. The van der Waals surface area contributed by atoms with Gasteiger partial charge in [0.2, 0.25) is 0 Å². The van der Waals surface area contributed by atoms with E-state index in [0.717, 1.165) is 53.1 Å². The highest BCUT2D eigenvalue weighted by Gasteiger charge is 2.11. The van der Waals surface area contributed by atoms with Crippen molar-refractivity contribution in [3.63, 3.8) is 0 Å². The number of hydrogen-bond donors (Lipinski definition) is 1. The molecule has 0 aliphatic heterocycles. The summed E-state index contributed by atoms with van der Waals surface area (Å²) in [6, 6.07) is 13.2. The van der Waals surface area contributed by atoms with Crippen LogP contribution in [0.25, 0.3) is 11.0 Å². The molecule has 0 unspecified atom stereocenters. The highest BCUT2D eigenvalue weighted by molar-refractivity contribution is 9.10. The second kappa shape index (κ2) is 8.67. The van der Waals surface area contributed by atoms with E-state index in [1.807, 2.05) is 37.4 Å². The Labute approximate surface area is 168 Å². The van der Waals surface area contributed by atoms with Gasteiger partial charge in [-0.3, -0.25) is 4.79 Å². The van der Waals surface area contributed by atoms with Crippen LogP contribution in [0.15, 0.2) is 46.9 Å². The van der Waals surface area contributed by atoms with E-state index in [0.29, 0.717) is 5.56 Å². The lowest BCUT2D eigenvalue weighted by atomic mass is 10.2. The van der Waals surface area contributed by atoms with Crippen LogP contribution in [0, 0.1) is 0 Å². The van der Waals surface area contributed by atoms with Crippen LogP contribution in [-0.4, -0.2) is 40.0 Å². The first-order valence-corrected chi connectivity index (χ1v) is 10.1. The third-order valence-electron chi connectivity index (χ3n) is 4.86. The number of fused-ring (bicyclic) bond motifs is 1. The molecule has 1 aromatic heterocycles. The normalized spacial score (nSPS) is 11.3. The van der Waals surface area contributed by atoms with Crippen molar-refractivity contribution in [2.24, 2.45) is 7.05 Å². The highest BCUT2D eigenvalue weighted by Crippen LogP contribution is 2.21. The Morgan fingerprint density at radius 3 is 2.67 bits per heavy atom. The van der Waals surface area contributed by atoms with Gasteiger partial charge < -0.3 is 14.8 Å². The first kappa shape index (κ1) is 19.6. The third kappa shape index (κ3) is 4.57. The number of anilines is 1. The van der Waals surface area contributed by atoms with Crippen LogP contribution >= 0.6 is 15.9 Å². The molecular weight excluding hydrogens is 404 g/mol. The van der Waals surface area contributed by atoms with E-state index in [1.165, 1.54) is 0 Å². The maximum Gasteiger partial charge on any atom is 0.255 e. The van der Waals surface area contributed by atoms with Crippen molar-refractivity contribution in [3.05, 3.63) is 58.3 Å². The Balaban J connectivity index is 1.78. The van der Waals surface area contributed by atoms with Gasteiger partial charge in [0.1, 0.15) is 5.82 Å². The summed E-state index contributed by atoms with van der Waals surface area (Å²) in [6.07, 6.45) is 0.909. The first-order valence-electron chi connectivity index (χ1n) is 9.26. The number of rotatable bonds is 7. The number of aromatic nitrogens is 2. The molecule has 0 fully saturated rings. The van der Waals surface area contributed by atoms with Crippen molar-refractivity contribution < 1.29 is 4.79 Å². The van der Waals surface area contributed by atoms with Crippen LogP contribution in [0.4, 0.5) is 5.69 Å². The van der Waals surface area contributed by atoms with Gasteiger partial charge in [0.05, 0.1) is 11.0 Å². The summed E-state index contributed by atoms with van der Waals surface area (Å²) < 4.78 is 3.02. The zero-order valence-electron chi connectivity index (χ0n) is 16.0. The van der Waals surface area contributed by atoms with Crippen LogP contribution in [-0.2, 0) is 13.5 Å². The molecule has 27 heavy (non-hydrogen) atoms. The Hall–Kier alpha value is -2.18. The van der Waals surface area contributed by atoms with Crippen LogP contribution in [0.3, 0.4) is 0 Å². The molecule has 3 rings (SSSR count). The fraction of sp³-hybridized carbons (Fsp3) is 0.333. The van der Waals surface area contributed by atoms with Crippen LogP contribution in [0.1, 0.15) is 30.0 Å². The van der Waals surface area contributed by atoms with Crippen molar-refractivity contribution in [2.45, 2.75) is 20.3 Å². The monoisotopic (exact) mass is 428 g/mol. The van der Waals surface area contributed by atoms with Gasteiger partial charge in [-0.15, -0.1) is 0 Å². The number of amides is 1. The van der Waals surface area contributed by atoms with Crippen LogP contribution in [0.5, 0.6) is 0 Å². The molecule has 142 valence electrons. The Morgan fingerprint density at radius 1 is 1.19 bits per heavy atom. The molecule has 0 spiro atoms. The van der Waals surface area contributed by atoms with Crippen molar-refractivity contribution in [3.8, 4) is 0 Å². The summed E-state index contributed by atoms with van der Waals surface area (Å²) in [5.41, 5.74) is 3.34. The maximum absolute atomic E-state index is 12.5. The molecule has 0 aliphatic carbocycles. The fourth-order valence-corrected chi connectivity index (χ4v) is 3.58. The molecule has 0 radical (unpaired) electrons. The van der Waals surface area contributed by atoms with Crippen LogP contribution in [0.2, 0.25) is 0 Å². The molecule has 2 aromatic carbocycles. The molecule has 0 aliphatic rings. The number of nitrogens with zero attached hydrogens (tertiary/aromatic N) is 3. The number of imidazole rings is 1. The van der Waals surface area contributed by atoms with E-state index in [4.69, 9.17) is 4.98 Å². The summed E-state index contributed by atoms with van der Waals surface area (Å²) in [6.45, 7) is 7.45. The summed E-state index contributed by atoms with van der Waals surface area (Å²) in [5.74, 6) is 0.931. The van der Waals surface area contributed by atoms with E-state index in [1.54, 1.807) is 12.1 Å². The Bertz CT molecular complexity index is 947. The molecule has 1 amide bonds. The van der Waals surface area contributed by atoms with E-state index in [2.05, 4.69) is 44.6 Å². The molecule has 0 bridgehead atoms. The fourth-order valence-electron chi connectivity index (χ4n) is 3.18. The van der Waals surface area contributed by atoms with Gasteiger partial charge in [-0.2, -0.15) is 0 Å². The lowest BCUT2D eigenvalue weighted by molar-refractivity contribution is 0.102. The van der Waals surface area contributed by atoms with Crippen molar-refractivity contribution in [1.29, 1.82) is 0 Å². The predicted octanol–water partition coefficient (Wildman–Crippen LogP) is 4.47. The standard InChI is InChI=1S/C21H25BrN4O/c1-4-26(5-2)12-11-20-24-18-14-17(9-10-19(18)25(20)3)23-21(27)15-7-6-8-16(22)13-15/h6-10,13-14H,4-5,11-12H2,1-3H3,(H,23,27). The van der Waals surface area contributed by atoms with Gasteiger partial charge in [-0.25, -0.2) is 4.98 Å². The summed E-state index contributed by atoms with van der Waals surface area (Å²) in [4.78, 5) is 19.6. The highest BCUT2D eigenvalue weighted by atomic mass is 79.9. The third-order valence-corrected chi connectivity index (χ3v) is 5.36. The van der Waals surface area contributed by atoms with Gasteiger partial charge in [-0.1, -0.05) is 35.8 Å². The lowest BCUT2D eigenvalue weighted by Gasteiger charge is -2.17. The SMILES string of the molecule is CCN(CC)CCc1nc2cc(NC(=O)c3cccc(Br)c3)ccc2n1C. The van der Waals surface area contributed by atoms with Crippen molar-refractivity contribution >= 4 is 38.6 Å². The minimum atomic E-state index is -0.131. The zero-order chi connectivity index (χ0) is 19.4. The summed E-state index contributed by atoms with van der Waals surface area (Å²) in [7, 11) is 2.05. The first-order chi connectivity index (χ1) is 13.0. The molecule has 3 aromatic rings. The number of halogens is 1. The second-order valence-corrected chi connectivity index (χ2v) is 7.45. The Morgan fingerprint density at radius 2 is 1.96 bits per heavy atom. The molecule has 6 heteroatoms. The summed E-state index contributed by atoms with van der Waals surface area (Å²) >= 11 is 3.40. The zero-order valence-corrected chi connectivity index (χ0v) is 17.6. The van der Waals surface area contributed by atoms with E-state index < -0.39 is 0 Å². The topological polar surface area (TPSA) is 50.2 Å². The van der Waals surface area contributed by atoms with Crippen molar-refractivity contribution in [2.75, 3.05) is 25.0 Å². The lowest BCUT2D eigenvalue weighted by Crippen LogP contribution is -2.26. The predicted molar refractivity (Wildman–Crippen MR) is 114 cm³/mol. The minimum absolute atomic E-state index is 0.131. The second-order valence-electron chi connectivity index (χ2n) is 6.53. The number of benzene rings is 2. The molecule has 0 saturated carbocycles. The number of nitrogens with one attached hydrogen (secondary N) is 1. The molecule has 0 saturated heterocycles. The number of aryl methyl sites for hydroxylation is 1. The smallest absolute Gasteiger partial charge is 0.255 e. The van der Waals surface area contributed by atoms with Gasteiger partial charge in [0.15, 0.2) is 0 Å².